The van der Waals surface area contributed by atoms with Crippen LogP contribution < -0.4 is 0 Å². The van der Waals surface area contributed by atoms with Crippen molar-refractivity contribution in [1.82, 2.24) is 29.4 Å². The molecule has 0 aliphatic heterocycles. The third-order valence-electron chi connectivity index (χ3n) is 4.66. The highest BCUT2D eigenvalue weighted by Crippen LogP contribution is 2.30. The van der Waals surface area contributed by atoms with E-state index in [2.05, 4.69) is 53.7 Å². The fourth-order valence-electron chi connectivity index (χ4n) is 3.38. The molecule has 1 unspecified atom stereocenters. The molecule has 0 radical (unpaired) electrons. The summed E-state index contributed by atoms with van der Waals surface area (Å²) in [5.41, 5.74) is 3.51. The first-order chi connectivity index (χ1) is 13.4. The number of nitrogens with zero attached hydrogens (tertiary/aromatic N) is 6. The van der Waals surface area contributed by atoms with Gasteiger partial charge in [-0.15, -0.1) is 0 Å². The van der Waals surface area contributed by atoms with Gasteiger partial charge in [-0.25, -0.2) is 14.6 Å². The maximum atomic E-state index is 4.92. The van der Waals surface area contributed by atoms with E-state index >= 15 is 0 Å². The second-order valence-electron chi connectivity index (χ2n) is 6.28. The SMILES string of the molecule is c1ccc(C(Cn2ccnc2)n2ccnc2-c2cccc3nonc23)cc1. The van der Waals surface area contributed by atoms with Crippen molar-refractivity contribution in [3.05, 3.63) is 85.2 Å². The van der Waals surface area contributed by atoms with Crippen LogP contribution in [0.5, 0.6) is 0 Å². The lowest BCUT2D eigenvalue weighted by molar-refractivity contribution is 0.315. The van der Waals surface area contributed by atoms with E-state index in [1.54, 1.807) is 6.20 Å². The van der Waals surface area contributed by atoms with Crippen LogP contribution in [0.2, 0.25) is 0 Å². The molecule has 0 saturated heterocycles. The van der Waals surface area contributed by atoms with E-state index in [0.29, 0.717) is 11.0 Å². The predicted molar refractivity (Wildman–Crippen MR) is 99.8 cm³/mol. The van der Waals surface area contributed by atoms with Crippen LogP contribution >= 0.6 is 0 Å². The van der Waals surface area contributed by atoms with E-state index in [4.69, 9.17) is 4.63 Å². The first kappa shape index (κ1) is 15.5. The number of rotatable bonds is 5. The number of hydrogen-bond acceptors (Lipinski definition) is 5. The van der Waals surface area contributed by atoms with Crippen LogP contribution in [0.4, 0.5) is 0 Å². The zero-order valence-corrected chi connectivity index (χ0v) is 14.4. The Labute approximate surface area is 154 Å². The van der Waals surface area contributed by atoms with Gasteiger partial charge in [-0.1, -0.05) is 36.4 Å². The molecule has 7 heteroatoms. The first-order valence-electron chi connectivity index (χ1n) is 8.65. The van der Waals surface area contributed by atoms with Gasteiger partial charge in [0.15, 0.2) is 0 Å². The van der Waals surface area contributed by atoms with Crippen LogP contribution in [0.15, 0.2) is 84.3 Å². The monoisotopic (exact) mass is 356 g/mol. The van der Waals surface area contributed by atoms with E-state index in [-0.39, 0.29) is 6.04 Å². The van der Waals surface area contributed by atoms with E-state index in [9.17, 15) is 0 Å². The highest BCUT2D eigenvalue weighted by Gasteiger charge is 2.20. The summed E-state index contributed by atoms with van der Waals surface area (Å²) in [5.74, 6) is 0.824. The topological polar surface area (TPSA) is 74.6 Å². The van der Waals surface area contributed by atoms with Crippen molar-refractivity contribution in [2.75, 3.05) is 0 Å². The van der Waals surface area contributed by atoms with E-state index in [1.807, 2.05) is 49.2 Å². The quantitative estimate of drug-likeness (QED) is 0.481. The van der Waals surface area contributed by atoms with Gasteiger partial charge in [-0.2, -0.15) is 0 Å². The Morgan fingerprint density at radius 2 is 1.85 bits per heavy atom. The third-order valence-corrected chi connectivity index (χ3v) is 4.66. The second kappa shape index (κ2) is 6.53. The molecule has 0 saturated carbocycles. The summed E-state index contributed by atoms with van der Waals surface area (Å²) in [6.45, 7) is 0.737. The predicted octanol–water partition coefficient (Wildman–Crippen LogP) is 3.57. The molecule has 0 N–H and O–H groups in total. The van der Waals surface area contributed by atoms with Gasteiger partial charge in [0.25, 0.3) is 0 Å². The summed E-state index contributed by atoms with van der Waals surface area (Å²) in [4.78, 5) is 8.79. The molecule has 7 nitrogen and oxygen atoms in total. The lowest BCUT2D eigenvalue weighted by Crippen LogP contribution is -2.17. The molecule has 132 valence electrons. The lowest BCUT2D eigenvalue weighted by atomic mass is 10.1. The van der Waals surface area contributed by atoms with Crippen LogP contribution in [0, 0.1) is 0 Å². The molecule has 0 amide bonds. The Kier molecular flexibility index (Phi) is 3.75. The minimum absolute atomic E-state index is 0.0491. The number of aromatic nitrogens is 6. The zero-order chi connectivity index (χ0) is 18.1. The molecule has 0 bridgehead atoms. The Bertz CT molecular complexity index is 1160. The highest BCUT2D eigenvalue weighted by atomic mass is 16.6. The van der Waals surface area contributed by atoms with Crippen molar-refractivity contribution in [3.8, 4) is 11.4 Å². The molecular weight excluding hydrogens is 340 g/mol. The number of hydrogen-bond donors (Lipinski definition) is 0. The van der Waals surface area contributed by atoms with Crippen molar-refractivity contribution < 1.29 is 4.63 Å². The molecule has 1 atom stereocenters. The third kappa shape index (κ3) is 2.79. The standard InChI is InChI=1S/C20H16N6O/c1-2-5-15(6-3-1)18(13-25-11-9-21-14-25)26-12-10-22-20(26)16-7-4-8-17-19(16)24-27-23-17/h1-12,14,18H,13H2. The summed E-state index contributed by atoms with van der Waals surface area (Å²) in [6, 6.07) is 16.2. The van der Waals surface area contributed by atoms with Crippen molar-refractivity contribution >= 4 is 11.0 Å². The molecule has 0 aliphatic carbocycles. The molecule has 5 aromatic rings. The van der Waals surface area contributed by atoms with Crippen LogP contribution in [0.3, 0.4) is 0 Å². The van der Waals surface area contributed by atoms with Crippen LogP contribution in [0.25, 0.3) is 22.4 Å². The van der Waals surface area contributed by atoms with Gasteiger partial charge in [0.05, 0.1) is 12.4 Å². The summed E-state index contributed by atoms with van der Waals surface area (Å²) < 4.78 is 9.16. The molecule has 3 heterocycles. The van der Waals surface area contributed by atoms with Crippen LogP contribution in [-0.2, 0) is 6.54 Å². The van der Waals surface area contributed by atoms with Gasteiger partial charge in [0, 0.05) is 36.9 Å². The van der Waals surface area contributed by atoms with Crippen molar-refractivity contribution in [2.45, 2.75) is 12.6 Å². The smallest absolute Gasteiger partial charge is 0.146 e. The van der Waals surface area contributed by atoms with Crippen molar-refractivity contribution in [3.63, 3.8) is 0 Å². The summed E-state index contributed by atoms with van der Waals surface area (Å²) in [6.07, 6.45) is 9.39. The highest BCUT2D eigenvalue weighted by molar-refractivity contribution is 5.88. The molecule has 0 spiro atoms. The van der Waals surface area contributed by atoms with Crippen LogP contribution in [-0.4, -0.2) is 29.4 Å². The summed E-state index contributed by atoms with van der Waals surface area (Å²) in [7, 11) is 0. The number of benzene rings is 2. The van der Waals surface area contributed by atoms with E-state index in [1.165, 1.54) is 5.56 Å². The Morgan fingerprint density at radius 3 is 2.70 bits per heavy atom. The average Bonchev–Trinajstić information content (AvgIpc) is 3.47. The Morgan fingerprint density at radius 1 is 0.926 bits per heavy atom. The van der Waals surface area contributed by atoms with E-state index in [0.717, 1.165) is 17.9 Å². The second-order valence-corrected chi connectivity index (χ2v) is 6.28. The Hall–Kier alpha value is -3.74. The molecule has 5 rings (SSSR count). The molecule has 2 aromatic carbocycles. The first-order valence-corrected chi connectivity index (χ1v) is 8.65. The molecule has 0 aliphatic rings. The molecule has 3 aromatic heterocycles. The number of imidazole rings is 2. The average molecular weight is 356 g/mol. The van der Waals surface area contributed by atoms with Crippen LogP contribution in [0.1, 0.15) is 11.6 Å². The lowest BCUT2D eigenvalue weighted by Gasteiger charge is -2.22. The summed E-state index contributed by atoms with van der Waals surface area (Å²) >= 11 is 0. The van der Waals surface area contributed by atoms with Gasteiger partial charge in [-0.3, -0.25) is 0 Å². The van der Waals surface area contributed by atoms with Gasteiger partial charge in [-0.05, 0) is 28.0 Å². The minimum Gasteiger partial charge on any atom is -0.335 e. The van der Waals surface area contributed by atoms with Crippen molar-refractivity contribution in [1.29, 1.82) is 0 Å². The largest absolute Gasteiger partial charge is 0.335 e. The molecular formula is C20H16N6O. The maximum absolute atomic E-state index is 4.92. The molecule has 27 heavy (non-hydrogen) atoms. The van der Waals surface area contributed by atoms with Gasteiger partial charge in [0.1, 0.15) is 16.9 Å². The molecule has 0 fully saturated rings. The fraction of sp³-hybridized carbons (Fsp3) is 0.100. The maximum Gasteiger partial charge on any atom is 0.146 e. The Balaban J connectivity index is 1.65. The van der Waals surface area contributed by atoms with Gasteiger partial charge in [0.2, 0.25) is 0 Å². The summed E-state index contributed by atoms with van der Waals surface area (Å²) in [5, 5.41) is 8.02. The normalized spacial score (nSPS) is 12.4. The fourth-order valence-corrected chi connectivity index (χ4v) is 3.38. The van der Waals surface area contributed by atoms with Crippen molar-refractivity contribution in [2.24, 2.45) is 0 Å². The number of fused-ring (bicyclic) bond motifs is 1. The van der Waals surface area contributed by atoms with Gasteiger partial charge >= 0.3 is 0 Å². The zero-order valence-electron chi connectivity index (χ0n) is 14.4. The van der Waals surface area contributed by atoms with E-state index < -0.39 is 0 Å². The minimum atomic E-state index is 0.0491. The van der Waals surface area contributed by atoms with Gasteiger partial charge < -0.3 is 9.13 Å².